The molecule has 2 aromatic rings. The lowest BCUT2D eigenvalue weighted by atomic mass is 9.92. The Labute approximate surface area is 173 Å². The number of aromatic hydroxyl groups is 2. The molecule has 0 radical (unpaired) electrons. The highest BCUT2D eigenvalue weighted by atomic mass is 32.1. The molecule has 29 heavy (non-hydrogen) atoms. The number of benzene rings is 2. The molecule has 0 saturated carbocycles. The van der Waals surface area contributed by atoms with Crippen molar-refractivity contribution in [3.63, 3.8) is 0 Å². The fourth-order valence-electron chi connectivity index (χ4n) is 2.91. The number of aliphatic carboxylic acids is 1. The summed E-state index contributed by atoms with van der Waals surface area (Å²) >= 11 is 4.27. The molecule has 4 N–H and O–H groups in total. The Morgan fingerprint density at radius 2 is 1.62 bits per heavy atom. The van der Waals surface area contributed by atoms with E-state index in [9.17, 15) is 29.7 Å². The topological polar surface area (TPSA) is 124 Å². The molecule has 0 aromatic heterocycles. The van der Waals surface area contributed by atoms with E-state index >= 15 is 0 Å². The second-order valence-corrected chi connectivity index (χ2v) is 7.33. The average Bonchev–Trinajstić information content (AvgIpc) is 2.68. The van der Waals surface area contributed by atoms with Crippen LogP contribution in [0.1, 0.15) is 18.1 Å². The predicted molar refractivity (Wildman–Crippen MR) is 110 cm³/mol. The number of phenolic OH excluding ortho intramolecular Hbond substituents is 2. The normalized spacial score (nSPS) is 13.9. The number of rotatable bonds is 9. The molecular formula is C21H23NO6S. The van der Waals surface area contributed by atoms with Crippen molar-refractivity contribution in [2.45, 2.75) is 31.1 Å². The van der Waals surface area contributed by atoms with Crippen LogP contribution < -0.4 is 5.32 Å². The Balaban J connectivity index is 2.19. The lowest BCUT2D eigenvalue weighted by molar-refractivity contribution is -0.142. The molecule has 2 aromatic carbocycles. The molecule has 8 heteroatoms. The van der Waals surface area contributed by atoms with Crippen molar-refractivity contribution in [2.24, 2.45) is 5.92 Å². The van der Waals surface area contributed by atoms with Gasteiger partial charge in [0.25, 0.3) is 0 Å². The summed E-state index contributed by atoms with van der Waals surface area (Å²) in [4.78, 5) is 36.4. The lowest BCUT2D eigenvalue weighted by Crippen LogP contribution is -2.48. The molecule has 1 amide bonds. The summed E-state index contributed by atoms with van der Waals surface area (Å²) in [6.07, 6.45) is 0.122. The summed E-state index contributed by atoms with van der Waals surface area (Å²) in [5.74, 6) is -3.71. The van der Waals surface area contributed by atoms with E-state index < -0.39 is 29.1 Å². The molecule has 0 aliphatic rings. The number of carboxylic acids is 1. The average molecular weight is 417 g/mol. The van der Waals surface area contributed by atoms with Crippen LogP contribution in [-0.4, -0.2) is 44.3 Å². The highest BCUT2D eigenvalue weighted by molar-refractivity contribution is 7.81. The number of carbonyl (C=O) groups is 3. The van der Waals surface area contributed by atoms with Gasteiger partial charge in [0.15, 0.2) is 11.5 Å². The Bertz CT molecular complexity index is 886. The van der Waals surface area contributed by atoms with Gasteiger partial charge in [0.1, 0.15) is 11.8 Å². The summed E-state index contributed by atoms with van der Waals surface area (Å²) in [5.41, 5.74) is 1.24. The molecule has 0 saturated heterocycles. The number of phenols is 2. The van der Waals surface area contributed by atoms with Gasteiger partial charge in [-0.3, -0.25) is 9.59 Å². The van der Waals surface area contributed by atoms with Crippen molar-refractivity contribution in [3.8, 4) is 11.5 Å². The van der Waals surface area contributed by atoms with Crippen LogP contribution in [0.15, 0.2) is 48.5 Å². The minimum Gasteiger partial charge on any atom is -0.504 e. The molecule has 154 valence electrons. The first kappa shape index (κ1) is 22.3. The highest BCUT2D eigenvalue weighted by Crippen LogP contribution is 2.25. The summed E-state index contributed by atoms with van der Waals surface area (Å²) in [6, 6.07) is 11.7. The van der Waals surface area contributed by atoms with E-state index in [4.69, 9.17) is 0 Å². The lowest BCUT2D eigenvalue weighted by Gasteiger charge is -2.23. The summed E-state index contributed by atoms with van der Waals surface area (Å²) < 4.78 is 0. The Hall–Kier alpha value is -3.00. The number of nitrogens with one attached hydrogen (secondary N) is 1. The van der Waals surface area contributed by atoms with Crippen molar-refractivity contribution in [1.29, 1.82) is 0 Å². The number of amides is 1. The van der Waals surface area contributed by atoms with E-state index in [-0.39, 0.29) is 30.1 Å². The molecule has 7 nitrogen and oxygen atoms in total. The monoisotopic (exact) mass is 417 g/mol. The van der Waals surface area contributed by atoms with Gasteiger partial charge in [0.2, 0.25) is 5.91 Å². The number of carboxylic acid groups (broad SMARTS) is 1. The molecule has 0 bridgehead atoms. The van der Waals surface area contributed by atoms with Crippen LogP contribution in [0.4, 0.5) is 0 Å². The van der Waals surface area contributed by atoms with E-state index in [1.807, 2.05) is 30.3 Å². The van der Waals surface area contributed by atoms with Crippen LogP contribution in [-0.2, 0) is 27.2 Å². The van der Waals surface area contributed by atoms with Gasteiger partial charge in [-0.05, 0) is 36.6 Å². The Morgan fingerprint density at radius 1 is 0.966 bits per heavy atom. The number of Topliss-reactive ketones (excluding diaryl/α,β-unsaturated/α-hetero) is 1. The van der Waals surface area contributed by atoms with E-state index in [0.29, 0.717) is 5.56 Å². The van der Waals surface area contributed by atoms with Crippen LogP contribution in [0.3, 0.4) is 0 Å². The van der Waals surface area contributed by atoms with Crippen molar-refractivity contribution >= 4 is 30.3 Å². The van der Waals surface area contributed by atoms with Crippen LogP contribution in [0, 0.1) is 5.92 Å². The van der Waals surface area contributed by atoms with Crippen molar-refractivity contribution in [2.75, 3.05) is 0 Å². The minimum absolute atomic E-state index is 0.107. The molecule has 2 unspecified atom stereocenters. The fourth-order valence-corrected chi connectivity index (χ4v) is 3.15. The quantitative estimate of drug-likeness (QED) is 0.314. The van der Waals surface area contributed by atoms with Crippen LogP contribution in [0.5, 0.6) is 11.5 Å². The Morgan fingerprint density at radius 3 is 2.17 bits per heavy atom. The molecule has 3 atom stereocenters. The number of carbonyl (C=O) groups excluding carboxylic acids is 2. The van der Waals surface area contributed by atoms with E-state index in [1.54, 1.807) is 0 Å². The first-order valence-corrected chi connectivity index (χ1v) is 9.47. The standard InChI is InChI=1S/C21H23NO6S/c1-12(23)19(29)15(9-13-5-3-2-4-6-13)20(26)22-16(21(27)28)10-14-7-8-17(24)18(25)11-14/h2-8,11,15-16,19,24-25,29H,9-10H2,1H3,(H,22,26)(H,27,28)/t15?,16-,19?/m0/s1. The number of hydrogen-bond donors (Lipinski definition) is 5. The molecule has 0 aliphatic heterocycles. The van der Waals surface area contributed by atoms with Gasteiger partial charge in [0, 0.05) is 6.42 Å². The first-order chi connectivity index (χ1) is 13.7. The minimum atomic E-state index is -1.28. The van der Waals surface area contributed by atoms with Crippen LogP contribution in [0.2, 0.25) is 0 Å². The molecule has 2 rings (SSSR count). The molecule has 0 aliphatic carbocycles. The van der Waals surface area contributed by atoms with E-state index in [0.717, 1.165) is 5.56 Å². The second kappa shape index (κ2) is 9.97. The summed E-state index contributed by atoms with van der Waals surface area (Å²) in [5, 5.41) is 30.1. The zero-order valence-electron chi connectivity index (χ0n) is 15.8. The molecule has 0 heterocycles. The molecule has 0 spiro atoms. The number of thiol groups is 1. The van der Waals surface area contributed by atoms with E-state index in [2.05, 4.69) is 17.9 Å². The maximum absolute atomic E-state index is 12.9. The summed E-state index contributed by atoms with van der Waals surface area (Å²) in [6.45, 7) is 1.33. The SMILES string of the molecule is CC(=O)C(S)C(Cc1ccccc1)C(=O)N[C@@H](Cc1ccc(O)c(O)c1)C(=O)O. The van der Waals surface area contributed by atoms with Gasteiger partial charge in [-0.15, -0.1) is 0 Å². The predicted octanol–water partition coefficient (Wildman–Crippen LogP) is 1.96. The van der Waals surface area contributed by atoms with Gasteiger partial charge in [-0.25, -0.2) is 4.79 Å². The zero-order valence-corrected chi connectivity index (χ0v) is 16.7. The fraction of sp³-hybridized carbons (Fsp3) is 0.286. The third kappa shape index (κ3) is 6.25. The second-order valence-electron chi connectivity index (χ2n) is 6.78. The van der Waals surface area contributed by atoms with Crippen molar-refractivity contribution in [1.82, 2.24) is 5.32 Å². The number of hydrogen-bond acceptors (Lipinski definition) is 6. The first-order valence-electron chi connectivity index (χ1n) is 8.95. The van der Waals surface area contributed by atoms with Crippen LogP contribution in [0.25, 0.3) is 0 Å². The van der Waals surface area contributed by atoms with Crippen molar-refractivity contribution in [3.05, 3.63) is 59.7 Å². The largest absolute Gasteiger partial charge is 0.504 e. The molecule has 0 fully saturated rings. The third-order valence-electron chi connectivity index (χ3n) is 4.53. The summed E-state index contributed by atoms with van der Waals surface area (Å²) in [7, 11) is 0. The van der Waals surface area contributed by atoms with E-state index in [1.165, 1.54) is 25.1 Å². The van der Waals surface area contributed by atoms with Gasteiger partial charge in [-0.1, -0.05) is 36.4 Å². The van der Waals surface area contributed by atoms with Gasteiger partial charge >= 0.3 is 5.97 Å². The Kier molecular flexibility index (Phi) is 7.67. The van der Waals surface area contributed by atoms with Crippen LogP contribution >= 0.6 is 12.6 Å². The smallest absolute Gasteiger partial charge is 0.326 e. The van der Waals surface area contributed by atoms with Gasteiger partial charge in [-0.2, -0.15) is 12.6 Å². The highest BCUT2D eigenvalue weighted by Gasteiger charge is 2.32. The zero-order chi connectivity index (χ0) is 21.6. The maximum Gasteiger partial charge on any atom is 0.326 e. The third-order valence-corrected chi connectivity index (χ3v) is 5.25. The van der Waals surface area contributed by atoms with Gasteiger partial charge < -0.3 is 20.6 Å². The van der Waals surface area contributed by atoms with Gasteiger partial charge in [0.05, 0.1) is 11.2 Å². The maximum atomic E-state index is 12.9. The van der Waals surface area contributed by atoms with Crippen molar-refractivity contribution < 1.29 is 29.7 Å². The number of ketones is 1. The molecular weight excluding hydrogens is 394 g/mol.